The lowest BCUT2D eigenvalue weighted by molar-refractivity contribution is -0.384. The maximum absolute atomic E-state index is 11.0. The van der Waals surface area contributed by atoms with Crippen molar-refractivity contribution in [3.05, 3.63) is 75.3 Å². The van der Waals surface area contributed by atoms with Crippen LogP contribution in [-0.2, 0) is 0 Å². The summed E-state index contributed by atoms with van der Waals surface area (Å²) in [6, 6.07) is 13.9. The Morgan fingerprint density at radius 3 is 2.71 bits per heavy atom. The Morgan fingerprint density at radius 2 is 2.00 bits per heavy atom. The minimum Gasteiger partial charge on any atom is -0.496 e. The van der Waals surface area contributed by atoms with Gasteiger partial charge in [-0.05, 0) is 55.3 Å². The summed E-state index contributed by atoms with van der Waals surface area (Å²) < 4.78 is 11.1. The number of nitrogens with zero attached hydrogens (tertiary/aromatic N) is 3. The number of furan rings is 1. The van der Waals surface area contributed by atoms with Crippen LogP contribution in [0, 0.1) is 35.3 Å². The van der Waals surface area contributed by atoms with E-state index in [0.29, 0.717) is 34.2 Å². The number of nitro benzene ring substituents is 1. The van der Waals surface area contributed by atoms with Crippen molar-refractivity contribution >= 4 is 28.4 Å². The van der Waals surface area contributed by atoms with Gasteiger partial charge in [0, 0.05) is 12.1 Å². The third-order valence-corrected chi connectivity index (χ3v) is 5.05. The van der Waals surface area contributed by atoms with E-state index in [-0.39, 0.29) is 5.69 Å². The minimum absolute atomic E-state index is 0.0746. The molecule has 0 amide bonds. The fourth-order valence-corrected chi connectivity index (χ4v) is 3.27. The lowest BCUT2D eigenvalue weighted by atomic mass is 10.1. The first-order chi connectivity index (χ1) is 14.9. The Kier molecular flexibility index (Phi) is 5.01. The summed E-state index contributed by atoms with van der Waals surface area (Å²) in [6.07, 6.45) is 1.60. The van der Waals surface area contributed by atoms with Crippen molar-refractivity contribution in [3.63, 3.8) is 0 Å². The van der Waals surface area contributed by atoms with Crippen molar-refractivity contribution < 1.29 is 14.1 Å². The van der Waals surface area contributed by atoms with Crippen molar-refractivity contribution in [2.24, 2.45) is 0 Å². The van der Waals surface area contributed by atoms with Crippen molar-refractivity contribution in [3.8, 4) is 23.1 Å². The highest BCUT2D eigenvalue weighted by molar-refractivity contribution is 5.90. The fourth-order valence-electron chi connectivity index (χ4n) is 3.27. The molecule has 1 N–H and O–H groups in total. The van der Waals surface area contributed by atoms with E-state index in [9.17, 15) is 15.4 Å². The molecule has 0 saturated carbocycles. The summed E-state index contributed by atoms with van der Waals surface area (Å²) in [5.41, 5.74) is 4.72. The molecule has 0 spiro atoms. The Balaban J connectivity index is 1.70. The zero-order chi connectivity index (χ0) is 22.1. The maximum atomic E-state index is 11.0. The van der Waals surface area contributed by atoms with E-state index in [2.05, 4.69) is 16.0 Å². The van der Waals surface area contributed by atoms with Gasteiger partial charge in [-0.1, -0.05) is 0 Å². The van der Waals surface area contributed by atoms with Gasteiger partial charge in [0.25, 0.3) is 5.69 Å². The van der Waals surface area contributed by atoms with Gasteiger partial charge in [-0.2, -0.15) is 5.26 Å². The third kappa shape index (κ3) is 3.76. The Bertz CT molecular complexity index is 1350. The lowest BCUT2D eigenvalue weighted by Gasteiger charge is -2.05. The number of imidazole rings is 1. The highest BCUT2D eigenvalue weighted by atomic mass is 16.6. The first-order valence-electron chi connectivity index (χ1n) is 9.41. The number of non-ortho nitro benzene ring substituents is 1. The molecule has 31 heavy (non-hydrogen) atoms. The van der Waals surface area contributed by atoms with Crippen molar-refractivity contribution in [1.29, 1.82) is 5.26 Å². The van der Waals surface area contributed by atoms with Crippen LogP contribution in [0.5, 0.6) is 5.75 Å². The van der Waals surface area contributed by atoms with Gasteiger partial charge in [0.15, 0.2) is 0 Å². The molecule has 2 aromatic carbocycles. The number of nitriles is 1. The standard InChI is InChI=1S/C23H18N4O4/c1-13-8-19-20(9-14(13)2)26-23(25-19)15(12-24)10-17-5-7-21(31-17)18-6-4-16(27(28)29)11-22(18)30-3/h4-11H,1-3H3,(H,25,26)/b15-10+. The molecule has 2 aromatic heterocycles. The zero-order valence-corrected chi connectivity index (χ0v) is 17.1. The van der Waals surface area contributed by atoms with Gasteiger partial charge in [0.1, 0.15) is 29.2 Å². The number of rotatable bonds is 5. The average molecular weight is 414 g/mol. The molecule has 0 saturated heterocycles. The number of hydrogen-bond donors (Lipinski definition) is 1. The van der Waals surface area contributed by atoms with Crippen LogP contribution >= 0.6 is 0 Å². The molecule has 0 aliphatic heterocycles. The molecular weight excluding hydrogens is 396 g/mol. The van der Waals surface area contributed by atoms with Crippen LogP contribution < -0.4 is 4.74 Å². The summed E-state index contributed by atoms with van der Waals surface area (Å²) in [4.78, 5) is 18.2. The van der Waals surface area contributed by atoms with Gasteiger partial charge in [-0.15, -0.1) is 0 Å². The number of aromatic amines is 1. The molecule has 0 atom stereocenters. The first kappa shape index (κ1) is 19.9. The topological polar surface area (TPSA) is 118 Å². The van der Waals surface area contributed by atoms with Crippen LogP contribution in [-0.4, -0.2) is 22.0 Å². The van der Waals surface area contributed by atoms with E-state index in [1.165, 1.54) is 19.2 Å². The molecule has 0 fully saturated rings. The number of H-pyrrole nitrogens is 1. The summed E-state index contributed by atoms with van der Waals surface area (Å²) >= 11 is 0. The number of methoxy groups -OCH3 is 1. The van der Waals surface area contributed by atoms with Gasteiger partial charge in [0.05, 0.1) is 40.3 Å². The Hall–Kier alpha value is -4.38. The smallest absolute Gasteiger partial charge is 0.273 e. The van der Waals surface area contributed by atoms with Gasteiger partial charge < -0.3 is 14.1 Å². The number of aromatic nitrogens is 2. The molecule has 4 aromatic rings. The molecule has 8 nitrogen and oxygen atoms in total. The molecule has 4 rings (SSSR count). The van der Waals surface area contributed by atoms with Crippen LogP contribution in [0.4, 0.5) is 5.69 Å². The van der Waals surface area contributed by atoms with E-state index in [4.69, 9.17) is 9.15 Å². The predicted molar refractivity (Wildman–Crippen MR) is 116 cm³/mol. The van der Waals surface area contributed by atoms with Crippen LogP contribution in [0.15, 0.2) is 46.9 Å². The second-order valence-corrected chi connectivity index (χ2v) is 7.05. The quantitative estimate of drug-likeness (QED) is 0.265. The molecule has 8 heteroatoms. The van der Waals surface area contributed by atoms with E-state index in [0.717, 1.165) is 22.2 Å². The summed E-state index contributed by atoms with van der Waals surface area (Å²) in [7, 11) is 1.44. The van der Waals surface area contributed by atoms with Crippen LogP contribution in [0.3, 0.4) is 0 Å². The second kappa shape index (κ2) is 7.80. The number of aryl methyl sites for hydroxylation is 2. The largest absolute Gasteiger partial charge is 0.496 e. The number of nitrogens with one attached hydrogen (secondary N) is 1. The van der Waals surface area contributed by atoms with Gasteiger partial charge in [-0.25, -0.2) is 4.98 Å². The van der Waals surface area contributed by atoms with Gasteiger partial charge in [-0.3, -0.25) is 10.1 Å². The maximum Gasteiger partial charge on any atom is 0.273 e. The number of allylic oxidation sites excluding steroid dienone is 1. The van der Waals surface area contributed by atoms with Crippen molar-refractivity contribution in [2.45, 2.75) is 13.8 Å². The van der Waals surface area contributed by atoms with Gasteiger partial charge in [0.2, 0.25) is 0 Å². The molecule has 0 radical (unpaired) electrons. The number of benzene rings is 2. The van der Waals surface area contributed by atoms with Gasteiger partial charge >= 0.3 is 0 Å². The molecule has 0 unspecified atom stereocenters. The van der Waals surface area contributed by atoms with E-state index in [1.807, 2.05) is 26.0 Å². The molecule has 154 valence electrons. The molecule has 0 aliphatic rings. The summed E-state index contributed by atoms with van der Waals surface area (Å²) in [6.45, 7) is 4.04. The highest BCUT2D eigenvalue weighted by Gasteiger charge is 2.16. The lowest BCUT2D eigenvalue weighted by Crippen LogP contribution is -1.92. The number of fused-ring (bicyclic) bond motifs is 1. The highest BCUT2D eigenvalue weighted by Crippen LogP contribution is 2.35. The minimum atomic E-state index is -0.488. The molecular formula is C23H18N4O4. The number of nitro groups is 1. The van der Waals surface area contributed by atoms with Crippen LogP contribution in [0.1, 0.15) is 22.7 Å². The third-order valence-electron chi connectivity index (χ3n) is 5.05. The fraction of sp³-hybridized carbons (Fsp3) is 0.130. The number of hydrogen-bond acceptors (Lipinski definition) is 6. The zero-order valence-electron chi connectivity index (χ0n) is 17.1. The summed E-state index contributed by atoms with van der Waals surface area (Å²) in [5.74, 6) is 1.68. The monoisotopic (exact) mass is 414 g/mol. The molecule has 2 heterocycles. The Morgan fingerprint density at radius 1 is 1.23 bits per heavy atom. The molecule has 0 aliphatic carbocycles. The Labute approximate surface area is 177 Å². The van der Waals surface area contributed by atoms with Crippen molar-refractivity contribution in [2.75, 3.05) is 7.11 Å². The normalized spacial score (nSPS) is 11.5. The molecule has 0 bridgehead atoms. The van der Waals surface area contributed by atoms with Crippen LogP contribution in [0.25, 0.3) is 34.0 Å². The summed E-state index contributed by atoms with van der Waals surface area (Å²) in [5, 5.41) is 20.7. The van der Waals surface area contributed by atoms with E-state index in [1.54, 1.807) is 24.3 Å². The first-order valence-corrected chi connectivity index (χ1v) is 9.41. The SMILES string of the molecule is COc1cc([N+](=O)[O-])ccc1-c1ccc(/C=C(\C#N)c2nc3cc(C)c(C)cc3[nH]2)o1. The second-order valence-electron chi connectivity index (χ2n) is 7.05. The van der Waals surface area contributed by atoms with Crippen LogP contribution in [0.2, 0.25) is 0 Å². The predicted octanol–water partition coefficient (Wildman–Crippen LogP) is 5.42. The van der Waals surface area contributed by atoms with E-state index < -0.39 is 4.92 Å². The number of ether oxygens (including phenoxy) is 1. The van der Waals surface area contributed by atoms with Crippen molar-refractivity contribution in [1.82, 2.24) is 9.97 Å². The van der Waals surface area contributed by atoms with E-state index >= 15 is 0 Å². The average Bonchev–Trinajstić information content (AvgIpc) is 3.38.